The van der Waals surface area contributed by atoms with E-state index in [2.05, 4.69) is 14.4 Å². The van der Waals surface area contributed by atoms with Gasteiger partial charge in [0.2, 0.25) is 0 Å². The van der Waals surface area contributed by atoms with E-state index in [9.17, 15) is 17.1 Å². The second-order valence-electron chi connectivity index (χ2n) is 7.23. The Labute approximate surface area is 159 Å². The highest BCUT2D eigenvalue weighted by Gasteiger charge is 2.23. The van der Waals surface area contributed by atoms with Crippen LogP contribution in [0.4, 0.5) is 8.68 Å². The fraction of sp³-hybridized carbons (Fsp3) is 0.588. The summed E-state index contributed by atoms with van der Waals surface area (Å²) < 4.78 is 48.5. The molecule has 0 aliphatic carbocycles. The standard InChI is InChI=1S/C17H25FN2O6S/c1-17(2,3)25-16(21)19-10-15-12-20(8-9-24-15)11-13-4-6-14(7-5-13)26-27(18,22)23/h4-7,15H,8-12H2,1-3H3,(H,19,21). The second-order valence-corrected chi connectivity index (χ2v) is 8.18. The van der Waals surface area contributed by atoms with Crippen LogP contribution < -0.4 is 9.50 Å². The molecule has 1 heterocycles. The fourth-order valence-electron chi connectivity index (χ4n) is 2.58. The van der Waals surface area contributed by atoms with Crippen LogP contribution in [0.5, 0.6) is 5.75 Å². The molecule has 1 aliphatic heterocycles. The minimum Gasteiger partial charge on any atom is -0.444 e. The predicted molar refractivity (Wildman–Crippen MR) is 96.4 cm³/mol. The Kier molecular flexibility index (Phi) is 7.01. The number of nitrogens with one attached hydrogen (secondary N) is 1. The number of ether oxygens (including phenoxy) is 2. The molecule has 0 spiro atoms. The summed E-state index contributed by atoms with van der Waals surface area (Å²) in [6.45, 7) is 8.20. The molecule has 27 heavy (non-hydrogen) atoms. The molecule has 0 bridgehead atoms. The van der Waals surface area contributed by atoms with E-state index in [0.717, 1.165) is 12.1 Å². The number of nitrogens with zero attached hydrogens (tertiary/aromatic N) is 1. The maximum atomic E-state index is 12.5. The lowest BCUT2D eigenvalue weighted by Gasteiger charge is -2.33. The van der Waals surface area contributed by atoms with Crippen LogP contribution in [0.2, 0.25) is 0 Å². The highest BCUT2D eigenvalue weighted by atomic mass is 32.3. The number of alkyl carbamates (subject to hydrolysis) is 1. The van der Waals surface area contributed by atoms with Crippen molar-refractivity contribution in [2.45, 2.75) is 39.0 Å². The van der Waals surface area contributed by atoms with Crippen molar-refractivity contribution < 1.29 is 30.8 Å². The van der Waals surface area contributed by atoms with Crippen LogP contribution in [0, 0.1) is 0 Å². The number of hydrogen-bond acceptors (Lipinski definition) is 7. The maximum Gasteiger partial charge on any atom is 0.488 e. The van der Waals surface area contributed by atoms with Crippen molar-refractivity contribution >= 4 is 16.6 Å². The van der Waals surface area contributed by atoms with Crippen LogP contribution in [-0.2, 0) is 26.5 Å². The van der Waals surface area contributed by atoms with Crippen molar-refractivity contribution in [3.8, 4) is 5.75 Å². The Morgan fingerprint density at radius 2 is 2.00 bits per heavy atom. The Balaban J connectivity index is 1.81. The highest BCUT2D eigenvalue weighted by Crippen LogP contribution is 2.17. The van der Waals surface area contributed by atoms with Gasteiger partial charge in [-0.1, -0.05) is 16.0 Å². The Morgan fingerprint density at radius 1 is 1.33 bits per heavy atom. The molecular weight excluding hydrogens is 379 g/mol. The normalized spacial score (nSPS) is 18.7. The first-order chi connectivity index (χ1) is 12.5. The van der Waals surface area contributed by atoms with Gasteiger partial charge in [-0.3, -0.25) is 4.90 Å². The van der Waals surface area contributed by atoms with Crippen LogP contribution in [0.25, 0.3) is 0 Å². The largest absolute Gasteiger partial charge is 0.488 e. The lowest BCUT2D eigenvalue weighted by molar-refractivity contribution is -0.0313. The van der Waals surface area contributed by atoms with E-state index in [1.165, 1.54) is 12.1 Å². The first-order valence-electron chi connectivity index (χ1n) is 8.54. The van der Waals surface area contributed by atoms with Crippen molar-refractivity contribution in [3.05, 3.63) is 29.8 Å². The third kappa shape index (κ3) is 8.55. The van der Waals surface area contributed by atoms with E-state index >= 15 is 0 Å². The third-order valence-corrected chi connectivity index (χ3v) is 4.01. The topological polar surface area (TPSA) is 94.2 Å². The van der Waals surface area contributed by atoms with Crippen molar-refractivity contribution in [2.75, 3.05) is 26.2 Å². The van der Waals surface area contributed by atoms with Crippen molar-refractivity contribution in [3.63, 3.8) is 0 Å². The molecule has 0 aromatic heterocycles. The summed E-state index contributed by atoms with van der Waals surface area (Å²) in [5, 5.41) is 2.70. The summed E-state index contributed by atoms with van der Waals surface area (Å²) in [5.41, 5.74) is 0.361. The highest BCUT2D eigenvalue weighted by molar-refractivity contribution is 7.81. The zero-order chi connectivity index (χ0) is 20.1. The van der Waals surface area contributed by atoms with Gasteiger partial charge in [-0.15, -0.1) is 0 Å². The molecule has 1 aromatic carbocycles. The molecule has 152 valence electrons. The fourth-order valence-corrected chi connectivity index (χ4v) is 2.92. The molecule has 1 aliphatic rings. The number of carbonyl (C=O) groups excluding carboxylic acids is 1. The molecule has 2 rings (SSSR count). The van der Waals surface area contributed by atoms with Crippen molar-refractivity contribution in [2.24, 2.45) is 0 Å². The predicted octanol–water partition coefficient (Wildman–Crippen LogP) is 2.01. The molecule has 0 saturated carbocycles. The molecule has 1 aromatic rings. The van der Waals surface area contributed by atoms with Crippen molar-refractivity contribution in [1.29, 1.82) is 0 Å². The Morgan fingerprint density at radius 3 is 2.59 bits per heavy atom. The van der Waals surface area contributed by atoms with Crippen LogP contribution >= 0.6 is 0 Å². The van der Waals surface area contributed by atoms with Gasteiger partial charge in [0.25, 0.3) is 0 Å². The third-order valence-electron chi connectivity index (χ3n) is 3.62. The molecule has 1 unspecified atom stereocenters. The minimum absolute atomic E-state index is 0.0809. The molecule has 1 fully saturated rings. The lowest BCUT2D eigenvalue weighted by Crippen LogP contribution is -2.47. The average Bonchev–Trinajstić information content (AvgIpc) is 2.52. The summed E-state index contributed by atoms with van der Waals surface area (Å²) >= 11 is 0. The Hall–Kier alpha value is -1.91. The molecule has 1 N–H and O–H groups in total. The Bertz CT molecular complexity index is 733. The zero-order valence-electron chi connectivity index (χ0n) is 15.6. The first kappa shape index (κ1) is 21.4. The zero-order valence-corrected chi connectivity index (χ0v) is 16.4. The number of halogens is 1. The van der Waals surface area contributed by atoms with Crippen molar-refractivity contribution in [1.82, 2.24) is 10.2 Å². The van der Waals surface area contributed by atoms with E-state index < -0.39 is 22.2 Å². The average molecular weight is 404 g/mol. The summed E-state index contributed by atoms with van der Waals surface area (Å²) in [7, 11) is -5.02. The van der Waals surface area contributed by atoms with Gasteiger partial charge in [0, 0.05) is 26.2 Å². The summed E-state index contributed by atoms with van der Waals surface area (Å²) in [5.74, 6) is -0.0809. The monoisotopic (exact) mass is 404 g/mol. The molecule has 1 saturated heterocycles. The number of hydrogen-bond donors (Lipinski definition) is 1. The van der Waals surface area contributed by atoms with Gasteiger partial charge >= 0.3 is 16.6 Å². The van der Waals surface area contributed by atoms with Gasteiger partial charge in [-0.25, -0.2) is 4.79 Å². The van der Waals surface area contributed by atoms with Gasteiger partial charge in [0.15, 0.2) is 0 Å². The molecule has 0 radical (unpaired) electrons. The summed E-state index contributed by atoms with van der Waals surface area (Å²) in [4.78, 5) is 13.9. The number of amides is 1. The van der Waals surface area contributed by atoms with Gasteiger partial charge in [-0.05, 0) is 38.5 Å². The number of rotatable bonds is 6. The van der Waals surface area contributed by atoms with E-state index in [4.69, 9.17) is 9.47 Å². The van der Waals surface area contributed by atoms with Gasteiger partial charge in [0.05, 0.1) is 12.7 Å². The van der Waals surface area contributed by atoms with E-state index in [1.54, 1.807) is 32.9 Å². The minimum atomic E-state index is -5.02. The van der Waals surface area contributed by atoms with E-state index in [-0.39, 0.29) is 11.9 Å². The molecule has 8 nitrogen and oxygen atoms in total. The van der Waals surface area contributed by atoms with Gasteiger partial charge in [0.1, 0.15) is 11.4 Å². The number of carbonyl (C=O) groups is 1. The van der Waals surface area contributed by atoms with Crippen LogP contribution in [-0.4, -0.2) is 57.4 Å². The quantitative estimate of drug-likeness (QED) is 0.725. The summed E-state index contributed by atoms with van der Waals surface area (Å²) in [6.07, 6.45) is -0.646. The van der Waals surface area contributed by atoms with Crippen LogP contribution in [0.1, 0.15) is 26.3 Å². The number of benzene rings is 1. The van der Waals surface area contributed by atoms with Gasteiger partial charge < -0.3 is 19.0 Å². The van der Waals surface area contributed by atoms with Gasteiger partial charge in [-0.2, -0.15) is 8.42 Å². The molecular formula is C17H25FN2O6S. The molecule has 10 heteroatoms. The van der Waals surface area contributed by atoms with Crippen LogP contribution in [0.3, 0.4) is 0 Å². The van der Waals surface area contributed by atoms with Crippen LogP contribution in [0.15, 0.2) is 24.3 Å². The van der Waals surface area contributed by atoms with E-state index in [0.29, 0.717) is 26.2 Å². The maximum absolute atomic E-state index is 12.5. The summed E-state index contributed by atoms with van der Waals surface area (Å²) in [6, 6.07) is 6.14. The molecule has 1 amide bonds. The number of morpholine rings is 1. The smallest absolute Gasteiger partial charge is 0.444 e. The second kappa shape index (κ2) is 8.85. The first-order valence-corrected chi connectivity index (χ1v) is 9.85. The van der Waals surface area contributed by atoms with E-state index in [1.807, 2.05) is 0 Å². The SMILES string of the molecule is CC(C)(C)OC(=O)NCC1CN(Cc2ccc(OS(=O)(=O)F)cc2)CCO1. The molecule has 1 atom stereocenters. The lowest BCUT2D eigenvalue weighted by atomic mass is 10.2.